The zero-order valence-electron chi connectivity index (χ0n) is 20.1. The van der Waals surface area contributed by atoms with Crippen LogP contribution >= 0.6 is 0 Å². The smallest absolute Gasteiger partial charge is 0.226 e. The van der Waals surface area contributed by atoms with Crippen LogP contribution in [0.15, 0.2) is 35.6 Å². The monoisotopic (exact) mass is 490 g/mol. The lowest BCUT2D eigenvalue weighted by Gasteiger charge is -2.29. The van der Waals surface area contributed by atoms with Gasteiger partial charge in [-0.2, -0.15) is 15.5 Å². The van der Waals surface area contributed by atoms with Gasteiger partial charge in [0.15, 0.2) is 0 Å². The number of nitrogens with zero attached hydrogens (tertiary/aromatic N) is 8. The summed E-state index contributed by atoms with van der Waals surface area (Å²) in [6.07, 6.45) is 4.71. The van der Waals surface area contributed by atoms with Gasteiger partial charge in [0, 0.05) is 51.1 Å². The van der Waals surface area contributed by atoms with E-state index in [1.807, 2.05) is 29.9 Å². The van der Waals surface area contributed by atoms with Gasteiger partial charge in [-0.1, -0.05) is 0 Å². The average Bonchev–Trinajstić information content (AvgIpc) is 3.44. The maximum atomic E-state index is 14.1. The number of amides is 1. The third-order valence-electron chi connectivity index (χ3n) is 6.05. The van der Waals surface area contributed by atoms with E-state index in [-0.39, 0.29) is 11.6 Å². The van der Waals surface area contributed by atoms with Crippen LogP contribution in [-0.4, -0.2) is 63.6 Å². The Hall–Kier alpha value is -4.53. The molecule has 11 nitrogen and oxygen atoms in total. The van der Waals surface area contributed by atoms with Crippen molar-refractivity contribution in [1.82, 2.24) is 30.1 Å². The molecule has 1 aliphatic rings. The summed E-state index contributed by atoms with van der Waals surface area (Å²) in [5.41, 5.74) is 9.25. The first-order valence-electron chi connectivity index (χ1n) is 11.5. The number of nitriles is 1. The van der Waals surface area contributed by atoms with Gasteiger partial charge in [-0.15, -0.1) is 0 Å². The summed E-state index contributed by atoms with van der Waals surface area (Å²) in [6.45, 7) is 3.74. The first kappa shape index (κ1) is 24.6. The third kappa shape index (κ3) is 5.25. The highest BCUT2D eigenvalue weighted by atomic mass is 19.1. The van der Waals surface area contributed by atoms with Crippen LogP contribution in [0.3, 0.4) is 0 Å². The number of carbonyl (C=O) groups excluding carboxylic acids is 1. The number of anilines is 2. The summed E-state index contributed by atoms with van der Waals surface area (Å²) in [5.74, 6) is 0.472. The van der Waals surface area contributed by atoms with E-state index in [0.717, 1.165) is 11.3 Å². The number of carbonyl (C=O) groups is 1. The van der Waals surface area contributed by atoms with Crippen molar-refractivity contribution < 1.29 is 9.18 Å². The first-order chi connectivity index (χ1) is 17.4. The molecule has 3 heterocycles. The number of nitrogens with two attached hydrogens (primary N) is 1. The first-order valence-corrected chi connectivity index (χ1v) is 11.5. The predicted octanol–water partition coefficient (Wildman–Crippen LogP) is 1.76. The molecule has 1 atom stereocenters. The molecule has 1 unspecified atom stereocenters. The molecule has 36 heavy (non-hydrogen) atoms. The molecular weight excluding hydrogens is 463 g/mol. The van der Waals surface area contributed by atoms with Crippen molar-refractivity contribution >= 4 is 24.4 Å². The molecule has 1 aromatic carbocycles. The molecule has 0 fully saturated rings. The number of hydrazone groups is 1. The normalized spacial score (nSPS) is 14.6. The number of aryl methyl sites for hydroxylation is 1. The Labute approximate surface area is 208 Å². The van der Waals surface area contributed by atoms with Gasteiger partial charge in [-0.3, -0.25) is 14.5 Å². The van der Waals surface area contributed by atoms with E-state index in [0.29, 0.717) is 62.0 Å². The van der Waals surface area contributed by atoms with Gasteiger partial charge in [0.05, 0.1) is 35.6 Å². The van der Waals surface area contributed by atoms with Crippen LogP contribution in [0.25, 0.3) is 11.4 Å². The van der Waals surface area contributed by atoms with Crippen LogP contribution < -0.4 is 16.0 Å². The van der Waals surface area contributed by atoms with Gasteiger partial charge in [-0.25, -0.2) is 14.4 Å². The molecule has 4 rings (SSSR count). The Morgan fingerprint density at radius 2 is 2.19 bits per heavy atom. The highest BCUT2D eigenvalue weighted by molar-refractivity contribution is 5.66. The van der Waals surface area contributed by atoms with Crippen LogP contribution in [0, 0.1) is 24.1 Å². The number of benzene rings is 1. The molecule has 2 aromatic heterocycles. The second-order valence-corrected chi connectivity index (χ2v) is 8.38. The summed E-state index contributed by atoms with van der Waals surface area (Å²) in [5, 5.41) is 22.5. The van der Waals surface area contributed by atoms with Gasteiger partial charge < -0.3 is 16.0 Å². The van der Waals surface area contributed by atoms with Gasteiger partial charge in [0.25, 0.3) is 0 Å². The van der Waals surface area contributed by atoms with Crippen molar-refractivity contribution in [1.29, 1.82) is 5.26 Å². The molecule has 1 aliphatic heterocycles. The lowest BCUT2D eigenvalue weighted by Crippen LogP contribution is -2.38. The molecule has 0 bridgehead atoms. The minimum atomic E-state index is -0.450. The quantitative estimate of drug-likeness (QED) is 0.323. The van der Waals surface area contributed by atoms with Crippen LogP contribution in [0.4, 0.5) is 16.2 Å². The number of aromatic nitrogens is 4. The lowest BCUT2D eigenvalue weighted by atomic mass is 10.0. The van der Waals surface area contributed by atoms with Gasteiger partial charge in [0.2, 0.25) is 12.4 Å². The number of nitrogens with one attached hydrogen (secondary N) is 1. The number of halogens is 1. The Balaban J connectivity index is 1.55. The molecule has 0 saturated heterocycles. The molecule has 0 aliphatic carbocycles. The molecule has 1 amide bonds. The number of rotatable bonds is 10. The Bertz CT molecular complexity index is 1310. The minimum Gasteiger partial charge on any atom is -0.382 e. The molecule has 0 spiro atoms. The molecule has 3 N–H and O–H groups in total. The zero-order valence-corrected chi connectivity index (χ0v) is 20.1. The van der Waals surface area contributed by atoms with E-state index >= 15 is 0 Å². The third-order valence-corrected chi connectivity index (χ3v) is 6.05. The SMILES string of the molecule is Cc1c(N)nn(C)c1-c1ccnc(N(CCNC=O)CCN2N=CCC2c2cc(F)cc(C#N)c2)n1. The van der Waals surface area contributed by atoms with E-state index in [1.165, 1.54) is 12.1 Å². The van der Waals surface area contributed by atoms with Gasteiger partial charge >= 0.3 is 0 Å². The highest BCUT2D eigenvalue weighted by Crippen LogP contribution is 2.30. The predicted molar refractivity (Wildman–Crippen MR) is 133 cm³/mol. The fourth-order valence-electron chi connectivity index (χ4n) is 4.28. The summed E-state index contributed by atoms with van der Waals surface area (Å²) in [6, 6.07) is 7.96. The van der Waals surface area contributed by atoms with Crippen molar-refractivity contribution in [2.75, 3.05) is 36.8 Å². The van der Waals surface area contributed by atoms with E-state index in [4.69, 9.17) is 10.7 Å². The standard InChI is InChI=1S/C24H27FN10O/c1-16-22(33(2)32-23(16)27)20-3-5-29-24(31-20)34(8-7-28-15-36)9-10-35-21(4-6-30-35)18-11-17(14-26)12-19(25)13-18/h3,5-6,11-13,15,21H,4,7-10H2,1-2H3,(H2,27,32)(H,28,36). The topological polar surface area (TPSA) is 141 Å². The molecule has 0 saturated carbocycles. The maximum Gasteiger partial charge on any atom is 0.226 e. The summed E-state index contributed by atoms with van der Waals surface area (Å²) in [7, 11) is 1.81. The molecule has 0 radical (unpaired) electrons. The minimum absolute atomic E-state index is 0.185. The summed E-state index contributed by atoms with van der Waals surface area (Å²) >= 11 is 0. The van der Waals surface area contributed by atoms with Crippen molar-refractivity contribution in [3.8, 4) is 17.5 Å². The van der Waals surface area contributed by atoms with Crippen molar-refractivity contribution in [2.45, 2.75) is 19.4 Å². The summed E-state index contributed by atoms with van der Waals surface area (Å²) in [4.78, 5) is 22.0. The zero-order chi connectivity index (χ0) is 25.7. The second-order valence-electron chi connectivity index (χ2n) is 8.38. The maximum absolute atomic E-state index is 14.1. The largest absolute Gasteiger partial charge is 0.382 e. The average molecular weight is 491 g/mol. The van der Waals surface area contributed by atoms with Crippen LogP contribution in [-0.2, 0) is 11.8 Å². The van der Waals surface area contributed by atoms with E-state index < -0.39 is 5.82 Å². The van der Waals surface area contributed by atoms with Crippen molar-refractivity contribution in [3.63, 3.8) is 0 Å². The van der Waals surface area contributed by atoms with Gasteiger partial charge in [-0.05, 0) is 36.8 Å². The fourth-order valence-corrected chi connectivity index (χ4v) is 4.28. The van der Waals surface area contributed by atoms with E-state index in [9.17, 15) is 14.4 Å². The Morgan fingerprint density at radius 3 is 2.92 bits per heavy atom. The van der Waals surface area contributed by atoms with E-state index in [2.05, 4.69) is 20.5 Å². The van der Waals surface area contributed by atoms with Crippen molar-refractivity contribution in [3.05, 3.63) is 53.0 Å². The van der Waals surface area contributed by atoms with Crippen LogP contribution in [0.2, 0.25) is 0 Å². The molecule has 186 valence electrons. The van der Waals surface area contributed by atoms with Crippen molar-refractivity contribution in [2.24, 2.45) is 12.1 Å². The number of hydrogen-bond acceptors (Lipinski definition) is 9. The lowest BCUT2D eigenvalue weighted by molar-refractivity contribution is -0.109. The Morgan fingerprint density at radius 1 is 1.36 bits per heavy atom. The van der Waals surface area contributed by atoms with Crippen LogP contribution in [0.1, 0.15) is 29.2 Å². The second kappa shape index (κ2) is 10.8. The number of hydrogen-bond donors (Lipinski definition) is 2. The Kier molecular flexibility index (Phi) is 7.39. The molecular formula is C24H27FN10O. The molecule has 12 heteroatoms. The fraction of sp³-hybridized carbons (Fsp3) is 0.333. The number of nitrogen functional groups attached to an aromatic ring is 1. The van der Waals surface area contributed by atoms with Gasteiger partial charge in [0.1, 0.15) is 11.6 Å². The highest BCUT2D eigenvalue weighted by Gasteiger charge is 2.25. The summed E-state index contributed by atoms with van der Waals surface area (Å²) < 4.78 is 15.7. The van der Waals surface area contributed by atoms with Crippen LogP contribution in [0.5, 0.6) is 0 Å². The molecule has 3 aromatic rings. The van der Waals surface area contributed by atoms with E-state index in [1.54, 1.807) is 29.2 Å².